The molecule has 0 atom stereocenters. The maximum Gasteiger partial charge on any atom is 0.0484 e. The van der Waals surface area contributed by atoms with Crippen LogP contribution in [0.25, 0.3) is 76.8 Å². The Labute approximate surface area is 234 Å². The molecule has 0 unspecified atom stereocenters. The zero-order chi connectivity index (χ0) is 25.4. The molecule has 0 aliphatic heterocycles. The number of hydrogen-bond acceptors (Lipinski definition) is 0. The quantitative estimate of drug-likeness (QED) is 0.182. The van der Waals surface area contributed by atoms with Crippen molar-refractivity contribution in [1.29, 1.82) is 0 Å². The maximum atomic E-state index is 6.88. The van der Waals surface area contributed by atoms with Gasteiger partial charge in [-0.2, -0.15) is 0 Å². The summed E-state index contributed by atoms with van der Waals surface area (Å²) in [6, 6.07) is 43.6. The molecule has 0 spiro atoms. The molecule has 7 aromatic carbocycles. The minimum absolute atomic E-state index is 0.765. The molecule has 8 rings (SSSR count). The first kappa shape index (κ1) is 22.1. The van der Waals surface area contributed by atoms with E-state index < -0.39 is 0 Å². The van der Waals surface area contributed by atoms with Gasteiger partial charge in [-0.25, -0.2) is 0 Å². The van der Waals surface area contributed by atoms with E-state index in [1.165, 1.54) is 71.3 Å². The van der Waals surface area contributed by atoms with Gasteiger partial charge >= 0.3 is 0 Å². The first-order valence-corrected chi connectivity index (χ1v) is 13.9. The van der Waals surface area contributed by atoms with Crippen molar-refractivity contribution < 1.29 is 0 Å². The highest BCUT2D eigenvalue weighted by atomic mass is 79.9. The van der Waals surface area contributed by atoms with E-state index in [-0.39, 0.29) is 0 Å². The van der Waals surface area contributed by atoms with Crippen molar-refractivity contribution in [3.63, 3.8) is 0 Å². The van der Waals surface area contributed by atoms with Crippen LogP contribution in [-0.2, 0) is 0 Å². The lowest BCUT2D eigenvalue weighted by Gasteiger charge is -2.20. The van der Waals surface area contributed by atoms with Crippen LogP contribution >= 0.6 is 27.5 Å². The second-order valence-electron chi connectivity index (χ2n) is 9.91. The summed E-state index contributed by atoms with van der Waals surface area (Å²) in [6.07, 6.45) is 0. The van der Waals surface area contributed by atoms with Gasteiger partial charge in [0.15, 0.2) is 0 Å². The van der Waals surface area contributed by atoms with Gasteiger partial charge in [-0.3, -0.25) is 0 Å². The fourth-order valence-corrected chi connectivity index (χ4v) is 7.05. The molecule has 2 heteroatoms. The van der Waals surface area contributed by atoms with Crippen molar-refractivity contribution in [3.05, 3.63) is 131 Å². The van der Waals surface area contributed by atoms with Crippen LogP contribution in [0.2, 0.25) is 5.02 Å². The predicted octanol–water partition coefficient (Wildman–Crippen LogP) is 11.5. The summed E-state index contributed by atoms with van der Waals surface area (Å²) < 4.78 is 1.13. The highest BCUT2D eigenvalue weighted by Crippen LogP contribution is 2.53. The van der Waals surface area contributed by atoms with Gasteiger partial charge in [-0.05, 0) is 95.5 Å². The Bertz CT molecular complexity index is 2090. The lowest BCUT2D eigenvalue weighted by atomic mass is 9.84. The number of benzene rings is 7. The molecular formula is C36H20BrCl. The van der Waals surface area contributed by atoms with Crippen LogP contribution in [0, 0.1) is 0 Å². The molecule has 0 bridgehead atoms. The molecule has 0 N–H and O–H groups in total. The third kappa shape index (κ3) is 3.04. The van der Waals surface area contributed by atoms with E-state index in [0.29, 0.717) is 0 Å². The van der Waals surface area contributed by atoms with E-state index in [9.17, 15) is 0 Å². The molecule has 1 aliphatic carbocycles. The van der Waals surface area contributed by atoms with Crippen LogP contribution in [0.1, 0.15) is 0 Å². The molecule has 0 amide bonds. The molecule has 178 valence electrons. The molecule has 38 heavy (non-hydrogen) atoms. The van der Waals surface area contributed by atoms with E-state index in [4.69, 9.17) is 11.6 Å². The van der Waals surface area contributed by atoms with Gasteiger partial charge < -0.3 is 0 Å². The standard InChI is InChI=1S/C36H20BrCl/c37-32-18-17-25-29-20-31-30(19-28(29)24-14-8-15-26(32)35(24)25)34(21-9-2-1-3-10-21)22-11-4-5-12-23(22)36(31)27-13-6-7-16-33(27)38/h1-20H. The molecule has 0 aromatic heterocycles. The Morgan fingerprint density at radius 1 is 0.421 bits per heavy atom. The first-order valence-electron chi connectivity index (χ1n) is 12.8. The smallest absolute Gasteiger partial charge is 0.0484 e. The minimum atomic E-state index is 0.765. The zero-order valence-electron chi connectivity index (χ0n) is 20.3. The lowest BCUT2D eigenvalue weighted by Crippen LogP contribution is -1.92. The third-order valence-electron chi connectivity index (χ3n) is 7.94. The molecule has 0 saturated heterocycles. The molecule has 1 aliphatic rings. The number of fused-ring (bicyclic) bond motifs is 5. The average Bonchev–Trinajstić information content (AvgIpc) is 3.27. The van der Waals surface area contributed by atoms with Crippen molar-refractivity contribution in [3.8, 4) is 44.5 Å². The van der Waals surface area contributed by atoms with Crippen molar-refractivity contribution in [1.82, 2.24) is 0 Å². The van der Waals surface area contributed by atoms with Gasteiger partial charge in [0.05, 0.1) is 0 Å². The van der Waals surface area contributed by atoms with E-state index in [0.717, 1.165) is 15.1 Å². The minimum Gasteiger partial charge on any atom is -0.0837 e. The average molecular weight is 568 g/mol. The second kappa shape index (κ2) is 8.30. The summed E-state index contributed by atoms with van der Waals surface area (Å²) in [5.74, 6) is 0. The summed E-state index contributed by atoms with van der Waals surface area (Å²) in [5.41, 5.74) is 9.87. The topological polar surface area (TPSA) is 0 Å². The molecule has 0 nitrogen and oxygen atoms in total. The SMILES string of the molecule is Clc1ccccc1-c1c2ccccc2c(-c2ccccc2)c2cc3c(cc12)-c1ccc(Br)c2cccc-3c12. The fourth-order valence-electron chi connectivity index (χ4n) is 6.36. The van der Waals surface area contributed by atoms with Crippen LogP contribution in [-0.4, -0.2) is 0 Å². The van der Waals surface area contributed by atoms with Crippen molar-refractivity contribution in [2.75, 3.05) is 0 Å². The normalized spacial score (nSPS) is 11.9. The van der Waals surface area contributed by atoms with Gasteiger partial charge in [0.1, 0.15) is 0 Å². The highest BCUT2D eigenvalue weighted by Gasteiger charge is 2.26. The number of halogens is 2. The van der Waals surface area contributed by atoms with E-state index in [2.05, 4.69) is 125 Å². The van der Waals surface area contributed by atoms with Crippen molar-refractivity contribution in [2.45, 2.75) is 0 Å². The van der Waals surface area contributed by atoms with E-state index in [1.54, 1.807) is 0 Å². The Balaban J connectivity index is 1.62. The van der Waals surface area contributed by atoms with Gasteiger partial charge in [-0.1, -0.05) is 125 Å². The first-order chi connectivity index (χ1) is 18.7. The molecule has 0 saturated carbocycles. The second-order valence-corrected chi connectivity index (χ2v) is 11.2. The highest BCUT2D eigenvalue weighted by molar-refractivity contribution is 9.10. The molecule has 7 aromatic rings. The van der Waals surface area contributed by atoms with Crippen LogP contribution in [0.15, 0.2) is 126 Å². The van der Waals surface area contributed by atoms with Crippen LogP contribution in [0.5, 0.6) is 0 Å². The fraction of sp³-hybridized carbons (Fsp3) is 0. The van der Waals surface area contributed by atoms with Crippen LogP contribution in [0.4, 0.5) is 0 Å². The van der Waals surface area contributed by atoms with Crippen molar-refractivity contribution >= 4 is 59.8 Å². The molecular weight excluding hydrogens is 548 g/mol. The Hall–Kier alpha value is -3.91. The predicted molar refractivity (Wildman–Crippen MR) is 167 cm³/mol. The summed E-state index contributed by atoms with van der Waals surface area (Å²) in [6.45, 7) is 0. The number of hydrogen-bond donors (Lipinski definition) is 0. The van der Waals surface area contributed by atoms with Gasteiger partial charge in [0.2, 0.25) is 0 Å². The van der Waals surface area contributed by atoms with Crippen molar-refractivity contribution in [2.24, 2.45) is 0 Å². The monoisotopic (exact) mass is 566 g/mol. The van der Waals surface area contributed by atoms with Crippen LogP contribution in [0.3, 0.4) is 0 Å². The summed E-state index contributed by atoms with van der Waals surface area (Å²) in [7, 11) is 0. The lowest BCUT2D eigenvalue weighted by molar-refractivity contribution is 1.65. The largest absolute Gasteiger partial charge is 0.0837 e. The summed E-state index contributed by atoms with van der Waals surface area (Å²) in [5, 5.41) is 8.24. The summed E-state index contributed by atoms with van der Waals surface area (Å²) in [4.78, 5) is 0. The molecule has 0 radical (unpaired) electrons. The number of rotatable bonds is 2. The Kier molecular flexibility index (Phi) is 4.83. The van der Waals surface area contributed by atoms with Gasteiger partial charge in [0, 0.05) is 15.1 Å². The molecule has 0 heterocycles. The molecule has 0 fully saturated rings. The third-order valence-corrected chi connectivity index (χ3v) is 8.96. The van der Waals surface area contributed by atoms with Gasteiger partial charge in [-0.15, -0.1) is 0 Å². The van der Waals surface area contributed by atoms with Crippen LogP contribution < -0.4 is 0 Å². The summed E-state index contributed by atoms with van der Waals surface area (Å²) >= 11 is 10.7. The zero-order valence-corrected chi connectivity index (χ0v) is 22.6. The van der Waals surface area contributed by atoms with Gasteiger partial charge in [0.25, 0.3) is 0 Å². The Morgan fingerprint density at radius 2 is 1.00 bits per heavy atom. The Morgan fingerprint density at radius 3 is 1.76 bits per heavy atom. The van der Waals surface area contributed by atoms with E-state index >= 15 is 0 Å². The van der Waals surface area contributed by atoms with E-state index in [1.807, 2.05) is 12.1 Å². The maximum absolute atomic E-state index is 6.88.